The lowest BCUT2D eigenvalue weighted by Crippen LogP contribution is -2.24. The molecule has 0 aliphatic heterocycles. The molecule has 0 fully saturated rings. The quantitative estimate of drug-likeness (QED) is 0.488. The molecule has 0 amide bonds. The first-order valence-electron chi connectivity index (χ1n) is 9.76. The van der Waals surface area contributed by atoms with E-state index in [-0.39, 0.29) is 11.7 Å². The van der Waals surface area contributed by atoms with Crippen molar-refractivity contribution in [3.05, 3.63) is 82.3 Å². The van der Waals surface area contributed by atoms with E-state index in [0.717, 1.165) is 28.1 Å². The lowest BCUT2D eigenvalue weighted by molar-refractivity contribution is 0.0955. The first kappa shape index (κ1) is 18.9. The van der Waals surface area contributed by atoms with E-state index < -0.39 is 0 Å². The monoisotopic (exact) mass is 418 g/mol. The number of rotatable bonds is 4. The topological polar surface area (TPSA) is 69.4 Å². The molecule has 1 aliphatic carbocycles. The van der Waals surface area contributed by atoms with Gasteiger partial charge < -0.3 is 4.74 Å². The number of methoxy groups -OCH3 is 1. The highest BCUT2D eigenvalue weighted by Crippen LogP contribution is 2.35. The number of ketones is 1. The molecule has 0 unspecified atom stereocenters. The summed E-state index contributed by atoms with van der Waals surface area (Å²) in [6, 6.07) is 17.6. The summed E-state index contributed by atoms with van der Waals surface area (Å²) in [5, 5.41) is 14.1. The van der Waals surface area contributed by atoms with Gasteiger partial charge in [0.05, 0.1) is 23.6 Å². The van der Waals surface area contributed by atoms with Crippen LogP contribution in [-0.4, -0.2) is 32.7 Å². The number of hydrogen-bond donors (Lipinski definition) is 0. The molecule has 7 heteroatoms. The van der Waals surface area contributed by atoms with Crippen molar-refractivity contribution in [3.8, 4) is 11.1 Å². The normalized spacial score (nSPS) is 16.1. The van der Waals surface area contributed by atoms with Crippen LogP contribution in [0.2, 0.25) is 5.02 Å². The van der Waals surface area contributed by atoms with E-state index in [1.807, 2.05) is 54.6 Å². The van der Waals surface area contributed by atoms with E-state index in [9.17, 15) is 4.79 Å². The Kier molecular flexibility index (Phi) is 4.81. The second-order valence-electron chi connectivity index (χ2n) is 7.43. The summed E-state index contributed by atoms with van der Waals surface area (Å²) < 4.78 is 7.15. The fourth-order valence-corrected chi connectivity index (χ4v) is 4.35. The molecule has 0 N–H and O–H groups in total. The third-order valence-electron chi connectivity index (χ3n) is 5.51. The number of aromatic nitrogens is 4. The third kappa shape index (κ3) is 3.18. The Bertz CT molecular complexity index is 1250. The molecule has 6 nitrogen and oxygen atoms in total. The summed E-state index contributed by atoms with van der Waals surface area (Å²) in [5.41, 5.74) is 5.48. The molecule has 30 heavy (non-hydrogen) atoms. The number of carbonyl (C=O) groups excluding carboxylic acids is 1. The summed E-state index contributed by atoms with van der Waals surface area (Å²) in [4.78, 5) is 12.9. The molecule has 0 saturated carbocycles. The Morgan fingerprint density at radius 1 is 1.10 bits per heavy atom. The van der Waals surface area contributed by atoms with E-state index in [4.69, 9.17) is 21.4 Å². The zero-order chi connectivity index (χ0) is 20.7. The van der Waals surface area contributed by atoms with E-state index in [0.29, 0.717) is 35.8 Å². The van der Waals surface area contributed by atoms with Crippen LogP contribution in [0, 0.1) is 0 Å². The van der Waals surface area contributed by atoms with Crippen molar-refractivity contribution in [3.63, 3.8) is 0 Å². The molecule has 1 atom stereocenters. The lowest BCUT2D eigenvalue weighted by Gasteiger charge is -2.23. The Morgan fingerprint density at radius 2 is 1.93 bits per heavy atom. The van der Waals surface area contributed by atoms with Crippen LogP contribution in [0.15, 0.2) is 54.6 Å². The largest absolute Gasteiger partial charge is 0.378 e. The Hall–Kier alpha value is -3.09. The van der Waals surface area contributed by atoms with Crippen molar-refractivity contribution >= 4 is 23.0 Å². The summed E-state index contributed by atoms with van der Waals surface area (Å²) in [7, 11) is 1.64. The van der Waals surface area contributed by atoms with Crippen LogP contribution in [-0.2, 0) is 17.8 Å². The summed E-state index contributed by atoms with van der Waals surface area (Å²) in [6.45, 7) is 0.341. The Balaban J connectivity index is 1.68. The average Bonchev–Trinajstić information content (AvgIpc) is 3.13. The molecule has 1 aliphatic rings. The number of Topliss-reactive ketones (excluding diaryl/α,β-unsaturated/α-hetero) is 1. The van der Waals surface area contributed by atoms with Crippen molar-refractivity contribution in [2.24, 2.45) is 0 Å². The van der Waals surface area contributed by atoms with Crippen molar-refractivity contribution < 1.29 is 9.53 Å². The smallest absolute Gasteiger partial charge is 0.185 e. The van der Waals surface area contributed by atoms with Crippen LogP contribution >= 0.6 is 11.6 Å². The van der Waals surface area contributed by atoms with Crippen LogP contribution in [0.1, 0.15) is 39.8 Å². The second-order valence-corrected chi connectivity index (χ2v) is 7.87. The van der Waals surface area contributed by atoms with Crippen LogP contribution in [0.25, 0.3) is 16.8 Å². The van der Waals surface area contributed by atoms with Crippen molar-refractivity contribution in [2.45, 2.75) is 25.4 Å². The summed E-state index contributed by atoms with van der Waals surface area (Å²) in [5.74, 6) is -0.00738. The van der Waals surface area contributed by atoms with Gasteiger partial charge in [-0.1, -0.05) is 54.1 Å². The highest BCUT2D eigenvalue weighted by molar-refractivity contribution is 6.30. The van der Waals surface area contributed by atoms with Crippen LogP contribution in [0.3, 0.4) is 0 Å². The lowest BCUT2D eigenvalue weighted by atomic mass is 9.83. The van der Waals surface area contributed by atoms with Gasteiger partial charge in [-0.2, -0.15) is 5.10 Å². The van der Waals surface area contributed by atoms with E-state index >= 15 is 0 Å². The molecule has 0 radical (unpaired) electrons. The minimum atomic E-state index is -0.0271. The van der Waals surface area contributed by atoms with Gasteiger partial charge in [0.2, 0.25) is 0 Å². The SMILES string of the molecule is COCc1nn2c3c(nnc2c1-c1ccccc1)C(=O)C[C@@H](c1cccc(Cl)c1)C3. The molecule has 0 bridgehead atoms. The zero-order valence-corrected chi connectivity index (χ0v) is 17.1. The van der Waals surface area contributed by atoms with Crippen molar-refractivity contribution in [1.29, 1.82) is 0 Å². The first-order chi connectivity index (χ1) is 14.7. The highest BCUT2D eigenvalue weighted by Gasteiger charge is 2.32. The number of hydrogen-bond acceptors (Lipinski definition) is 5. The molecule has 2 aromatic heterocycles. The van der Waals surface area contributed by atoms with Gasteiger partial charge in [0.15, 0.2) is 17.1 Å². The van der Waals surface area contributed by atoms with Crippen LogP contribution in [0.5, 0.6) is 0 Å². The van der Waals surface area contributed by atoms with E-state index in [1.165, 1.54) is 0 Å². The standard InChI is InChI=1S/C23H19ClN4O2/c1-30-13-18-21(14-6-3-2-4-7-14)23-26-25-22-19(28(23)27-18)11-16(12-20(22)29)15-8-5-9-17(24)10-15/h2-10,16H,11-13H2,1H3/t16-/m0/s1. The minimum absolute atomic E-state index is 0.0198. The molecule has 0 saturated heterocycles. The molecule has 150 valence electrons. The van der Waals surface area contributed by atoms with Gasteiger partial charge in [-0.05, 0) is 35.6 Å². The molecular weight excluding hydrogens is 400 g/mol. The number of halogens is 1. The van der Waals surface area contributed by atoms with Gasteiger partial charge in [-0.25, -0.2) is 4.52 Å². The predicted molar refractivity (Wildman–Crippen MR) is 114 cm³/mol. The number of fused-ring (bicyclic) bond motifs is 3. The van der Waals surface area contributed by atoms with Gasteiger partial charge in [0.25, 0.3) is 0 Å². The fourth-order valence-electron chi connectivity index (χ4n) is 4.15. The molecule has 2 aromatic carbocycles. The predicted octanol–water partition coefficient (Wildman–Crippen LogP) is 4.50. The highest BCUT2D eigenvalue weighted by atomic mass is 35.5. The molecular formula is C23H19ClN4O2. The molecule has 4 aromatic rings. The Morgan fingerprint density at radius 3 is 2.70 bits per heavy atom. The van der Waals surface area contributed by atoms with Gasteiger partial charge in [0, 0.05) is 18.6 Å². The summed E-state index contributed by atoms with van der Waals surface area (Å²) >= 11 is 6.18. The van der Waals surface area contributed by atoms with E-state index in [1.54, 1.807) is 11.6 Å². The first-order valence-corrected chi connectivity index (χ1v) is 10.1. The van der Waals surface area contributed by atoms with Gasteiger partial charge in [-0.3, -0.25) is 4.79 Å². The van der Waals surface area contributed by atoms with Crippen molar-refractivity contribution in [2.75, 3.05) is 7.11 Å². The van der Waals surface area contributed by atoms with Gasteiger partial charge in [0.1, 0.15) is 0 Å². The fraction of sp³-hybridized carbons (Fsp3) is 0.217. The maximum absolute atomic E-state index is 12.9. The molecule has 0 spiro atoms. The average molecular weight is 419 g/mol. The number of nitrogens with zero attached hydrogens (tertiary/aromatic N) is 4. The van der Waals surface area contributed by atoms with Crippen molar-refractivity contribution in [1.82, 2.24) is 19.8 Å². The maximum atomic E-state index is 12.9. The third-order valence-corrected chi connectivity index (χ3v) is 5.74. The molecule has 2 heterocycles. The number of carbonyl (C=O) groups is 1. The van der Waals surface area contributed by atoms with Gasteiger partial charge >= 0.3 is 0 Å². The number of ether oxygens (including phenoxy) is 1. The minimum Gasteiger partial charge on any atom is -0.378 e. The number of benzene rings is 2. The van der Waals surface area contributed by atoms with E-state index in [2.05, 4.69) is 10.2 Å². The summed E-state index contributed by atoms with van der Waals surface area (Å²) in [6.07, 6.45) is 1.01. The van der Waals surface area contributed by atoms with Crippen LogP contribution < -0.4 is 0 Å². The zero-order valence-electron chi connectivity index (χ0n) is 16.4. The van der Waals surface area contributed by atoms with Gasteiger partial charge in [-0.15, -0.1) is 10.2 Å². The second kappa shape index (κ2) is 7.63. The maximum Gasteiger partial charge on any atom is 0.185 e. The molecule has 5 rings (SSSR count). The van der Waals surface area contributed by atoms with Crippen LogP contribution in [0.4, 0.5) is 0 Å². The Labute approximate surface area is 178 Å².